The van der Waals surface area contributed by atoms with E-state index >= 15 is 0 Å². The van der Waals surface area contributed by atoms with Crippen LogP contribution < -0.4 is 0 Å². The van der Waals surface area contributed by atoms with Crippen LogP contribution in [0.5, 0.6) is 0 Å². The number of hydrogen-bond acceptors (Lipinski definition) is 2. The Bertz CT molecular complexity index is 435. The van der Waals surface area contributed by atoms with Gasteiger partial charge in [-0.25, -0.2) is 0 Å². The highest BCUT2D eigenvalue weighted by molar-refractivity contribution is 5.63. The van der Waals surface area contributed by atoms with Crippen molar-refractivity contribution in [2.45, 2.75) is 19.8 Å². The average Bonchev–Trinajstić information content (AvgIpc) is 2.30. The van der Waals surface area contributed by atoms with E-state index in [1.165, 1.54) is 11.1 Å². The quantitative estimate of drug-likeness (QED) is 0.740. The first-order valence-corrected chi connectivity index (χ1v) is 5.14. The predicted molar refractivity (Wildman–Crippen MR) is 61.6 cm³/mol. The van der Waals surface area contributed by atoms with Gasteiger partial charge in [-0.3, -0.25) is 9.97 Å². The summed E-state index contributed by atoms with van der Waals surface area (Å²) in [5.74, 6) is 0.503. The van der Waals surface area contributed by atoms with Gasteiger partial charge in [0.1, 0.15) is 0 Å². The predicted octanol–water partition coefficient (Wildman–Crippen LogP) is 3.27. The fourth-order valence-corrected chi connectivity index (χ4v) is 1.67. The van der Waals surface area contributed by atoms with Gasteiger partial charge in [-0.1, -0.05) is 38.1 Å². The summed E-state index contributed by atoms with van der Waals surface area (Å²) in [5.41, 5.74) is 3.44. The lowest BCUT2D eigenvalue weighted by molar-refractivity contribution is 0.867. The lowest BCUT2D eigenvalue weighted by Gasteiger charge is -2.11. The smallest absolute Gasteiger partial charge is 0.0888 e. The fourth-order valence-electron chi connectivity index (χ4n) is 1.67. The summed E-state index contributed by atoms with van der Waals surface area (Å²) in [5, 5.41) is 0. The molecule has 0 unspecified atom stereocenters. The summed E-state index contributed by atoms with van der Waals surface area (Å²) in [6.07, 6.45) is 5.23. The second-order valence-corrected chi connectivity index (χ2v) is 3.83. The second-order valence-electron chi connectivity index (χ2n) is 3.83. The molecule has 2 aromatic rings. The van der Waals surface area contributed by atoms with Gasteiger partial charge in [0.05, 0.1) is 11.9 Å². The van der Waals surface area contributed by atoms with Crippen LogP contribution in [0.1, 0.15) is 25.3 Å². The van der Waals surface area contributed by atoms with Crippen molar-refractivity contribution in [3.63, 3.8) is 0 Å². The van der Waals surface area contributed by atoms with Crippen molar-refractivity contribution in [1.29, 1.82) is 0 Å². The molecule has 0 amide bonds. The van der Waals surface area contributed by atoms with Crippen LogP contribution in [-0.4, -0.2) is 9.97 Å². The van der Waals surface area contributed by atoms with Crippen LogP contribution >= 0.6 is 0 Å². The Morgan fingerprint density at radius 3 is 2.53 bits per heavy atom. The van der Waals surface area contributed by atoms with Crippen LogP contribution in [0.25, 0.3) is 11.3 Å². The monoisotopic (exact) mass is 198 g/mol. The van der Waals surface area contributed by atoms with Gasteiger partial charge in [0.15, 0.2) is 0 Å². The molecule has 0 N–H and O–H groups in total. The molecule has 0 aliphatic carbocycles. The van der Waals surface area contributed by atoms with Crippen molar-refractivity contribution in [2.75, 3.05) is 0 Å². The van der Waals surface area contributed by atoms with Crippen LogP contribution in [0.15, 0.2) is 42.9 Å². The van der Waals surface area contributed by atoms with E-state index in [9.17, 15) is 0 Å². The van der Waals surface area contributed by atoms with E-state index < -0.39 is 0 Å². The van der Waals surface area contributed by atoms with Crippen molar-refractivity contribution < 1.29 is 0 Å². The minimum Gasteiger partial charge on any atom is -0.261 e. The maximum atomic E-state index is 4.33. The van der Waals surface area contributed by atoms with Gasteiger partial charge >= 0.3 is 0 Å². The average molecular weight is 198 g/mol. The first kappa shape index (κ1) is 9.84. The van der Waals surface area contributed by atoms with Gasteiger partial charge in [-0.2, -0.15) is 0 Å². The van der Waals surface area contributed by atoms with Crippen molar-refractivity contribution in [1.82, 2.24) is 9.97 Å². The normalized spacial score (nSPS) is 10.6. The molecule has 0 radical (unpaired) electrons. The molecule has 15 heavy (non-hydrogen) atoms. The van der Waals surface area contributed by atoms with Crippen LogP contribution in [0, 0.1) is 0 Å². The maximum Gasteiger partial charge on any atom is 0.0888 e. The van der Waals surface area contributed by atoms with Gasteiger partial charge in [0.2, 0.25) is 0 Å². The highest BCUT2D eigenvalue weighted by Gasteiger charge is 2.07. The van der Waals surface area contributed by atoms with Gasteiger partial charge < -0.3 is 0 Å². The Morgan fingerprint density at radius 1 is 1.07 bits per heavy atom. The lowest BCUT2D eigenvalue weighted by atomic mass is 9.96. The Balaban J connectivity index is 2.53. The van der Waals surface area contributed by atoms with Crippen LogP contribution in [0.2, 0.25) is 0 Å². The molecule has 0 bridgehead atoms. The van der Waals surface area contributed by atoms with Gasteiger partial charge in [-0.05, 0) is 11.5 Å². The fraction of sp³-hybridized carbons (Fsp3) is 0.231. The largest absolute Gasteiger partial charge is 0.261 e. The number of rotatable bonds is 2. The second kappa shape index (κ2) is 4.22. The van der Waals surface area contributed by atoms with Crippen LogP contribution in [0.3, 0.4) is 0 Å². The summed E-state index contributed by atoms with van der Waals surface area (Å²) in [4.78, 5) is 8.43. The summed E-state index contributed by atoms with van der Waals surface area (Å²) >= 11 is 0. The van der Waals surface area contributed by atoms with Crippen LogP contribution in [-0.2, 0) is 0 Å². The molecule has 0 saturated heterocycles. The first-order valence-electron chi connectivity index (χ1n) is 5.14. The number of hydrogen-bond donors (Lipinski definition) is 0. The molecule has 2 rings (SSSR count). The molecule has 0 spiro atoms. The number of nitrogens with zero attached hydrogens (tertiary/aromatic N) is 2. The summed E-state index contributed by atoms with van der Waals surface area (Å²) in [6, 6.07) is 8.35. The molecule has 76 valence electrons. The Morgan fingerprint density at radius 2 is 1.87 bits per heavy atom. The molecule has 0 atom stereocenters. The molecule has 2 heteroatoms. The van der Waals surface area contributed by atoms with Gasteiger partial charge in [-0.15, -0.1) is 0 Å². The molecular formula is C13H14N2. The van der Waals surface area contributed by atoms with Crippen molar-refractivity contribution in [3.8, 4) is 11.3 Å². The van der Waals surface area contributed by atoms with E-state index in [0.717, 1.165) is 5.69 Å². The zero-order valence-corrected chi connectivity index (χ0v) is 9.01. The first-order chi connectivity index (χ1) is 7.29. The Hall–Kier alpha value is -1.70. The van der Waals surface area contributed by atoms with E-state index in [-0.39, 0.29) is 0 Å². The van der Waals surface area contributed by atoms with E-state index in [1.54, 1.807) is 18.6 Å². The highest BCUT2D eigenvalue weighted by Crippen LogP contribution is 2.26. The third-order valence-corrected chi connectivity index (χ3v) is 2.42. The van der Waals surface area contributed by atoms with Crippen molar-refractivity contribution in [2.24, 2.45) is 0 Å². The molecule has 1 aromatic carbocycles. The topological polar surface area (TPSA) is 25.8 Å². The number of benzene rings is 1. The van der Waals surface area contributed by atoms with Crippen molar-refractivity contribution >= 4 is 0 Å². The number of aromatic nitrogens is 2. The zero-order valence-electron chi connectivity index (χ0n) is 9.01. The molecule has 1 aromatic heterocycles. The Kier molecular flexibility index (Phi) is 2.77. The molecule has 1 heterocycles. The Labute approximate surface area is 90.0 Å². The molecule has 0 saturated carbocycles. The standard InChI is InChI=1S/C13H14N2/c1-10(2)11-5-3-4-6-12(11)13-9-14-7-8-15-13/h3-10H,1-2H3. The summed E-state index contributed by atoms with van der Waals surface area (Å²) in [7, 11) is 0. The molecular weight excluding hydrogens is 184 g/mol. The molecule has 0 aliphatic heterocycles. The van der Waals surface area contributed by atoms with E-state index in [4.69, 9.17) is 0 Å². The molecule has 2 nitrogen and oxygen atoms in total. The van der Waals surface area contributed by atoms with E-state index in [1.807, 2.05) is 6.07 Å². The minimum atomic E-state index is 0.503. The molecule has 0 fully saturated rings. The SMILES string of the molecule is CC(C)c1ccccc1-c1cnccn1. The third kappa shape index (κ3) is 2.04. The van der Waals surface area contributed by atoms with Gasteiger partial charge in [0.25, 0.3) is 0 Å². The third-order valence-electron chi connectivity index (χ3n) is 2.42. The lowest BCUT2D eigenvalue weighted by Crippen LogP contribution is -1.93. The minimum absolute atomic E-state index is 0.503. The van der Waals surface area contributed by atoms with Crippen LogP contribution in [0.4, 0.5) is 0 Å². The maximum absolute atomic E-state index is 4.33. The summed E-state index contributed by atoms with van der Waals surface area (Å²) < 4.78 is 0. The zero-order chi connectivity index (χ0) is 10.7. The van der Waals surface area contributed by atoms with Crippen molar-refractivity contribution in [3.05, 3.63) is 48.4 Å². The van der Waals surface area contributed by atoms with Gasteiger partial charge in [0, 0.05) is 18.0 Å². The van der Waals surface area contributed by atoms with E-state index in [0.29, 0.717) is 5.92 Å². The van der Waals surface area contributed by atoms with E-state index in [2.05, 4.69) is 42.0 Å². The summed E-state index contributed by atoms with van der Waals surface area (Å²) in [6.45, 7) is 4.38. The highest BCUT2D eigenvalue weighted by atomic mass is 14.8. The molecule has 0 aliphatic rings.